The topological polar surface area (TPSA) is 91.3 Å². The molecule has 1 aromatic heterocycles. The molecular weight excluding hydrogens is 282 g/mol. The van der Waals surface area contributed by atoms with Gasteiger partial charge in [0.1, 0.15) is 5.75 Å². The van der Waals surface area contributed by atoms with Crippen LogP contribution in [0, 0.1) is 0 Å². The first kappa shape index (κ1) is 13.8. The number of carbonyl (C=O) groups is 2. The van der Waals surface area contributed by atoms with Crippen LogP contribution in [0.25, 0.3) is 0 Å². The maximum Gasteiger partial charge on any atom is 0.292 e. The lowest BCUT2D eigenvalue weighted by molar-refractivity contribution is 0.0842. The Morgan fingerprint density at radius 1 is 1.05 bits per heavy atom. The van der Waals surface area contributed by atoms with E-state index in [-0.39, 0.29) is 11.4 Å². The molecule has 3 N–H and O–H groups in total. The lowest BCUT2D eigenvalue weighted by Gasteiger charge is -2.07. The van der Waals surface area contributed by atoms with Gasteiger partial charge >= 0.3 is 0 Å². The summed E-state index contributed by atoms with van der Waals surface area (Å²) in [5.74, 6) is -1.50. The number of nitrogens with one attached hydrogen (secondary N) is 2. The summed E-state index contributed by atoms with van der Waals surface area (Å²) in [5, 5.41) is 9.95. The first-order valence-electron chi connectivity index (χ1n) is 5.58. The Morgan fingerprint density at radius 2 is 1.70 bits per heavy atom. The SMILES string of the molecule is O=C(NNC(=O)c1ncccc1O)c1ccc(Cl)cc1. The average Bonchev–Trinajstić information content (AvgIpc) is 2.45. The fourth-order valence-electron chi connectivity index (χ4n) is 1.42. The minimum Gasteiger partial charge on any atom is -0.505 e. The van der Waals surface area contributed by atoms with E-state index in [0.29, 0.717) is 10.6 Å². The minimum atomic E-state index is -0.717. The predicted octanol–water partition coefficient (Wildman–Crippen LogP) is 1.52. The Balaban J connectivity index is 1.99. The molecule has 20 heavy (non-hydrogen) atoms. The number of hydrogen-bond donors (Lipinski definition) is 3. The maximum atomic E-state index is 11.7. The molecule has 2 amide bonds. The minimum absolute atomic E-state index is 0.177. The van der Waals surface area contributed by atoms with Crippen LogP contribution in [0.5, 0.6) is 5.75 Å². The molecule has 0 saturated carbocycles. The van der Waals surface area contributed by atoms with Gasteiger partial charge in [-0.05, 0) is 36.4 Å². The molecule has 7 heteroatoms. The van der Waals surface area contributed by atoms with Crippen molar-refractivity contribution in [2.75, 3.05) is 0 Å². The van der Waals surface area contributed by atoms with Crippen molar-refractivity contribution >= 4 is 23.4 Å². The highest BCUT2D eigenvalue weighted by atomic mass is 35.5. The Morgan fingerprint density at radius 3 is 2.35 bits per heavy atom. The quantitative estimate of drug-likeness (QED) is 0.732. The molecule has 0 atom stereocenters. The van der Waals surface area contributed by atoms with E-state index in [0.717, 1.165) is 0 Å². The van der Waals surface area contributed by atoms with Gasteiger partial charge in [-0.3, -0.25) is 20.4 Å². The Hall–Kier alpha value is -2.60. The molecule has 0 aliphatic heterocycles. The van der Waals surface area contributed by atoms with E-state index in [1.54, 1.807) is 12.1 Å². The molecule has 2 aromatic rings. The van der Waals surface area contributed by atoms with E-state index in [1.165, 1.54) is 30.5 Å². The zero-order valence-electron chi connectivity index (χ0n) is 10.1. The molecule has 0 saturated heterocycles. The summed E-state index contributed by atoms with van der Waals surface area (Å²) in [6.07, 6.45) is 1.36. The lowest BCUT2D eigenvalue weighted by Crippen LogP contribution is -2.41. The van der Waals surface area contributed by atoms with Gasteiger partial charge in [-0.2, -0.15) is 0 Å². The molecule has 0 bridgehead atoms. The molecular formula is C13H10ClN3O3. The third kappa shape index (κ3) is 3.24. The van der Waals surface area contributed by atoms with Crippen LogP contribution in [0.1, 0.15) is 20.8 Å². The number of benzene rings is 1. The van der Waals surface area contributed by atoms with Gasteiger partial charge in [-0.25, -0.2) is 4.98 Å². The van der Waals surface area contributed by atoms with Gasteiger partial charge in [-0.1, -0.05) is 11.6 Å². The summed E-state index contributed by atoms with van der Waals surface area (Å²) >= 11 is 5.70. The number of amides is 2. The molecule has 0 aliphatic carbocycles. The lowest BCUT2D eigenvalue weighted by atomic mass is 10.2. The fourth-order valence-corrected chi connectivity index (χ4v) is 1.54. The number of hydrazine groups is 1. The molecule has 0 unspecified atom stereocenters. The average molecular weight is 292 g/mol. The van der Waals surface area contributed by atoms with Crippen molar-refractivity contribution in [1.29, 1.82) is 0 Å². The molecule has 1 heterocycles. The smallest absolute Gasteiger partial charge is 0.292 e. The van der Waals surface area contributed by atoms with Crippen molar-refractivity contribution in [3.8, 4) is 5.75 Å². The van der Waals surface area contributed by atoms with Gasteiger partial charge in [0.15, 0.2) is 5.69 Å². The summed E-state index contributed by atoms with van der Waals surface area (Å²) in [7, 11) is 0. The van der Waals surface area contributed by atoms with Crippen molar-refractivity contribution in [3.63, 3.8) is 0 Å². The summed E-state index contributed by atoms with van der Waals surface area (Å²) in [5.41, 5.74) is 4.53. The van der Waals surface area contributed by atoms with Crippen LogP contribution in [0.4, 0.5) is 0 Å². The fraction of sp³-hybridized carbons (Fsp3) is 0. The summed E-state index contributed by atoms with van der Waals surface area (Å²) in [6, 6.07) is 8.96. The van der Waals surface area contributed by atoms with Crippen LogP contribution < -0.4 is 10.9 Å². The number of pyridine rings is 1. The Labute approximate surface area is 119 Å². The van der Waals surface area contributed by atoms with Crippen LogP contribution in [-0.4, -0.2) is 21.9 Å². The molecule has 2 rings (SSSR count). The second-order valence-electron chi connectivity index (χ2n) is 3.79. The Kier molecular flexibility index (Phi) is 4.17. The third-order valence-corrected chi connectivity index (χ3v) is 2.65. The summed E-state index contributed by atoms with van der Waals surface area (Å²) < 4.78 is 0. The van der Waals surface area contributed by atoms with Crippen molar-refractivity contribution in [1.82, 2.24) is 15.8 Å². The first-order chi connectivity index (χ1) is 9.58. The van der Waals surface area contributed by atoms with Gasteiger partial charge < -0.3 is 5.11 Å². The number of halogens is 1. The van der Waals surface area contributed by atoms with Crippen molar-refractivity contribution < 1.29 is 14.7 Å². The third-order valence-electron chi connectivity index (χ3n) is 2.40. The van der Waals surface area contributed by atoms with Gasteiger partial charge in [0.2, 0.25) is 0 Å². The van der Waals surface area contributed by atoms with Gasteiger partial charge in [-0.15, -0.1) is 0 Å². The number of aromatic nitrogens is 1. The Bertz CT molecular complexity index is 644. The van der Waals surface area contributed by atoms with Crippen LogP contribution in [0.2, 0.25) is 5.02 Å². The second-order valence-corrected chi connectivity index (χ2v) is 4.22. The van der Waals surface area contributed by atoms with Gasteiger partial charge in [0.05, 0.1) is 0 Å². The predicted molar refractivity (Wildman–Crippen MR) is 72.3 cm³/mol. The highest BCUT2D eigenvalue weighted by Crippen LogP contribution is 2.12. The van der Waals surface area contributed by atoms with Crippen LogP contribution in [0.3, 0.4) is 0 Å². The molecule has 0 fully saturated rings. The molecule has 1 aromatic carbocycles. The zero-order valence-corrected chi connectivity index (χ0v) is 10.9. The molecule has 102 valence electrons. The molecule has 0 spiro atoms. The van der Waals surface area contributed by atoms with E-state index in [2.05, 4.69) is 15.8 Å². The number of rotatable bonds is 2. The summed E-state index contributed by atoms with van der Waals surface area (Å²) in [4.78, 5) is 27.1. The molecule has 0 radical (unpaired) electrons. The molecule has 6 nitrogen and oxygen atoms in total. The van der Waals surface area contributed by atoms with Crippen LogP contribution in [-0.2, 0) is 0 Å². The summed E-state index contributed by atoms with van der Waals surface area (Å²) in [6.45, 7) is 0. The van der Waals surface area contributed by atoms with E-state index in [9.17, 15) is 14.7 Å². The van der Waals surface area contributed by atoms with Crippen molar-refractivity contribution in [3.05, 3.63) is 58.9 Å². The van der Waals surface area contributed by atoms with E-state index >= 15 is 0 Å². The normalized spacial score (nSPS) is 9.85. The molecule has 0 aliphatic rings. The number of hydrogen-bond acceptors (Lipinski definition) is 4. The van der Waals surface area contributed by atoms with Crippen molar-refractivity contribution in [2.24, 2.45) is 0 Å². The van der Waals surface area contributed by atoms with Gasteiger partial charge in [0, 0.05) is 16.8 Å². The first-order valence-corrected chi connectivity index (χ1v) is 5.96. The largest absolute Gasteiger partial charge is 0.505 e. The van der Waals surface area contributed by atoms with Gasteiger partial charge in [0.25, 0.3) is 11.8 Å². The van der Waals surface area contributed by atoms with E-state index in [4.69, 9.17) is 11.6 Å². The number of nitrogens with zero attached hydrogens (tertiary/aromatic N) is 1. The zero-order chi connectivity index (χ0) is 14.5. The number of aromatic hydroxyl groups is 1. The highest BCUT2D eigenvalue weighted by molar-refractivity contribution is 6.30. The number of carbonyl (C=O) groups excluding carboxylic acids is 2. The van der Waals surface area contributed by atoms with E-state index < -0.39 is 11.8 Å². The monoisotopic (exact) mass is 291 g/mol. The second kappa shape index (κ2) is 6.03. The van der Waals surface area contributed by atoms with Crippen LogP contribution >= 0.6 is 11.6 Å². The van der Waals surface area contributed by atoms with E-state index in [1.807, 2.05) is 0 Å². The standard InChI is InChI=1S/C13H10ClN3O3/c14-9-5-3-8(4-6-9)12(19)16-17-13(20)11-10(18)2-1-7-15-11/h1-7,18H,(H,16,19)(H,17,20). The highest BCUT2D eigenvalue weighted by Gasteiger charge is 2.13. The van der Waals surface area contributed by atoms with Crippen LogP contribution in [0.15, 0.2) is 42.6 Å². The maximum absolute atomic E-state index is 11.7. The van der Waals surface area contributed by atoms with Crippen molar-refractivity contribution in [2.45, 2.75) is 0 Å².